The van der Waals surface area contributed by atoms with Gasteiger partial charge in [0.15, 0.2) is 0 Å². The van der Waals surface area contributed by atoms with Gasteiger partial charge in [0.2, 0.25) is 0 Å². The minimum absolute atomic E-state index is 0.161. The molecule has 1 amide bonds. The molecule has 0 unspecified atom stereocenters. The van der Waals surface area contributed by atoms with Crippen LogP contribution in [0.25, 0.3) is 0 Å². The van der Waals surface area contributed by atoms with Crippen molar-refractivity contribution in [1.29, 1.82) is 0 Å². The minimum atomic E-state index is -3.92. The highest BCUT2D eigenvalue weighted by Crippen LogP contribution is 2.27. The smallest absolute Gasteiger partial charge is 0.261 e. The lowest BCUT2D eigenvalue weighted by atomic mass is 10.1. The van der Waals surface area contributed by atoms with Crippen molar-refractivity contribution in [2.45, 2.75) is 37.5 Å². The summed E-state index contributed by atoms with van der Waals surface area (Å²) in [4.78, 5) is 12.1. The Morgan fingerprint density at radius 1 is 1.33 bits per heavy atom. The van der Waals surface area contributed by atoms with E-state index in [9.17, 15) is 13.2 Å². The molecular formula is C14H17Cl2NO3S. The molecule has 0 aliphatic heterocycles. The first kappa shape index (κ1) is 16.6. The number of carbonyl (C=O) groups excluding carboxylic acids is 1. The van der Waals surface area contributed by atoms with Gasteiger partial charge in [-0.25, -0.2) is 8.42 Å². The number of amides is 1. The van der Waals surface area contributed by atoms with Crippen LogP contribution in [-0.2, 0) is 9.05 Å². The van der Waals surface area contributed by atoms with Gasteiger partial charge >= 0.3 is 0 Å². The number of halogens is 2. The minimum Gasteiger partial charge on any atom is -0.352 e. The fourth-order valence-electron chi connectivity index (χ4n) is 2.58. The molecule has 2 rings (SSSR count). The zero-order valence-electron chi connectivity index (χ0n) is 11.7. The second-order valence-electron chi connectivity index (χ2n) is 5.38. The van der Waals surface area contributed by atoms with Crippen molar-refractivity contribution in [3.8, 4) is 0 Å². The molecule has 21 heavy (non-hydrogen) atoms. The molecular weight excluding hydrogens is 333 g/mol. The maximum absolute atomic E-state index is 12.2. The Morgan fingerprint density at radius 2 is 1.95 bits per heavy atom. The van der Waals surface area contributed by atoms with Crippen LogP contribution in [0.3, 0.4) is 0 Å². The molecule has 0 aromatic heterocycles. The Morgan fingerprint density at radius 3 is 2.52 bits per heavy atom. The molecule has 1 fully saturated rings. The quantitative estimate of drug-likeness (QED) is 0.846. The second-order valence-corrected chi connectivity index (χ2v) is 8.35. The van der Waals surface area contributed by atoms with Crippen LogP contribution < -0.4 is 5.32 Å². The van der Waals surface area contributed by atoms with Gasteiger partial charge < -0.3 is 5.32 Å². The molecule has 0 saturated heterocycles. The van der Waals surface area contributed by atoms with Gasteiger partial charge in [-0.2, -0.15) is 0 Å². The van der Waals surface area contributed by atoms with Crippen LogP contribution in [0.15, 0.2) is 17.0 Å². The first-order chi connectivity index (χ1) is 9.79. The number of hydrogen-bond donors (Lipinski definition) is 1. The number of nitrogens with one attached hydrogen (secondary N) is 1. The second kappa shape index (κ2) is 6.55. The topological polar surface area (TPSA) is 63.2 Å². The molecule has 0 spiro atoms. The van der Waals surface area contributed by atoms with Crippen molar-refractivity contribution in [2.75, 3.05) is 6.54 Å². The van der Waals surface area contributed by atoms with Crippen LogP contribution in [-0.4, -0.2) is 20.9 Å². The third kappa shape index (κ3) is 4.11. The van der Waals surface area contributed by atoms with Crippen molar-refractivity contribution in [2.24, 2.45) is 5.92 Å². The average Bonchev–Trinajstić information content (AvgIpc) is 2.91. The van der Waals surface area contributed by atoms with Crippen LogP contribution in [0, 0.1) is 12.8 Å². The summed E-state index contributed by atoms with van der Waals surface area (Å²) in [6.07, 6.45) is 4.64. The molecule has 0 radical (unpaired) electrons. The van der Waals surface area contributed by atoms with Crippen LogP contribution in [0.1, 0.15) is 41.6 Å². The normalized spacial score (nSPS) is 16.1. The molecule has 1 aromatic rings. The van der Waals surface area contributed by atoms with E-state index >= 15 is 0 Å². The molecule has 4 nitrogen and oxygen atoms in total. The van der Waals surface area contributed by atoms with E-state index in [0.717, 1.165) is 12.8 Å². The number of carbonyl (C=O) groups is 1. The van der Waals surface area contributed by atoms with Crippen LogP contribution in [0.5, 0.6) is 0 Å². The number of benzene rings is 1. The first-order valence-corrected chi connectivity index (χ1v) is 9.51. The fourth-order valence-corrected chi connectivity index (χ4v) is 3.65. The summed E-state index contributed by atoms with van der Waals surface area (Å²) in [5.41, 5.74) is 0.796. The van der Waals surface area contributed by atoms with Crippen LogP contribution in [0.4, 0.5) is 0 Å². The highest BCUT2D eigenvalue weighted by molar-refractivity contribution is 8.13. The van der Waals surface area contributed by atoms with E-state index in [1.54, 1.807) is 6.92 Å². The molecule has 116 valence electrons. The summed E-state index contributed by atoms with van der Waals surface area (Å²) in [6, 6.07) is 2.53. The van der Waals surface area contributed by atoms with Crippen molar-refractivity contribution in [3.63, 3.8) is 0 Å². The Hall–Kier alpha value is -0.780. The van der Waals surface area contributed by atoms with E-state index in [1.807, 2.05) is 0 Å². The van der Waals surface area contributed by atoms with Gasteiger partial charge in [0.05, 0.1) is 4.90 Å². The van der Waals surface area contributed by atoms with Gasteiger partial charge in [0.25, 0.3) is 15.0 Å². The molecule has 1 aliphatic rings. The third-order valence-corrected chi connectivity index (χ3v) is 5.60. The maximum Gasteiger partial charge on any atom is 0.261 e. The van der Waals surface area contributed by atoms with E-state index < -0.39 is 9.05 Å². The Kier molecular flexibility index (Phi) is 5.17. The number of hydrogen-bond acceptors (Lipinski definition) is 3. The summed E-state index contributed by atoms with van der Waals surface area (Å²) >= 11 is 5.99. The Labute approximate surface area is 134 Å². The average molecular weight is 350 g/mol. The highest BCUT2D eigenvalue weighted by Gasteiger charge is 2.20. The van der Waals surface area contributed by atoms with Gasteiger partial charge in [-0.3, -0.25) is 4.79 Å². The van der Waals surface area contributed by atoms with Crippen molar-refractivity contribution < 1.29 is 13.2 Å². The first-order valence-electron chi connectivity index (χ1n) is 6.82. The maximum atomic E-state index is 12.2. The lowest BCUT2D eigenvalue weighted by Crippen LogP contribution is -2.29. The van der Waals surface area contributed by atoms with E-state index in [1.165, 1.54) is 25.0 Å². The van der Waals surface area contributed by atoms with E-state index in [4.69, 9.17) is 22.3 Å². The van der Waals surface area contributed by atoms with E-state index in [0.29, 0.717) is 18.0 Å². The van der Waals surface area contributed by atoms with Crippen molar-refractivity contribution in [3.05, 3.63) is 28.3 Å². The molecule has 7 heteroatoms. The van der Waals surface area contributed by atoms with E-state index in [-0.39, 0.29) is 21.4 Å². The highest BCUT2D eigenvalue weighted by atomic mass is 35.7. The Balaban J connectivity index is 2.21. The van der Waals surface area contributed by atoms with Crippen LogP contribution >= 0.6 is 22.3 Å². The zero-order valence-corrected chi connectivity index (χ0v) is 14.0. The molecule has 0 heterocycles. The standard InChI is InChI=1S/C14H17Cl2NO3S/c1-9-12(6-11(7-13(9)15)21(16,19)20)14(18)17-8-10-4-2-3-5-10/h6-7,10H,2-5,8H2,1H3,(H,17,18). The fraction of sp³-hybridized carbons (Fsp3) is 0.500. The van der Waals surface area contributed by atoms with Gasteiger partial charge in [-0.1, -0.05) is 24.4 Å². The van der Waals surface area contributed by atoms with Crippen LogP contribution in [0.2, 0.25) is 5.02 Å². The van der Waals surface area contributed by atoms with Crippen molar-refractivity contribution >= 4 is 37.2 Å². The largest absolute Gasteiger partial charge is 0.352 e. The number of rotatable bonds is 4. The van der Waals surface area contributed by atoms with E-state index in [2.05, 4.69) is 5.32 Å². The van der Waals surface area contributed by atoms with Gasteiger partial charge in [-0.05, 0) is 43.4 Å². The SMILES string of the molecule is Cc1c(Cl)cc(S(=O)(=O)Cl)cc1C(=O)NCC1CCCC1. The Bertz CT molecular complexity index is 652. The molecule has 1 N–H and O–H groups in total. The lowest BCUT2D eigenvalue weighted by Gasteiger charge is -2.13. The summed E-state index contributed by atoms with van der Waals surface area (Å²) in [7, 11) is 1.40. The predicted octanol–water partition coefficient (Wildman–Crippen LogP) is 3.50. The van der Waals surface area contributed by atoms with Gasteiger partial charge in [0.1, 0.15) is 0 Å². The third-order valence-electron chi connectivity index (χ3n) is 3.87. The summed E-state index contributed by atoms with van der Waals surface area (Å²) < 4.78 is 22.8. The summed E-state index contributed by atoms with van der Waals surface area (Å²) in [5.74, 6) is 0.188. The summed E-state index contributed by atoms with van der Waals surface area (Å²) in [6.45, 7) is 2.28. The molecule has 0 bridgehead atoms. The molecule has 0 atom stereocenters. The van der Waals surface area contributed by atoms with Gasteiger partial charge in [0, 0.05) is 27.8 Å². The van der Waals surface area contributed by atoms with Crippen molar-refractivity contribution in [1.82, 2.24) is 5.32 Å². The zero-order chi connectivity index (χ0) is 15.6. The van der Waals surface area contributed by atoms with Gasteiger partial charge in [-0.15, -0.1) is 0 Å². The predicted molar refractivity (Wildman–Crippen MR) is 83.5 cm³/mol. The molecule has 1 aromatic carbocycles. The lowest BCUT2D eigenvalue weighted by molar-refractivity contribution is 0.0946. The summed E-state index contributed by atoms with van der Waals surface area (Å²) in [5, 5.41) is 3.06. The molecule has 1 saturated carbocycles. The molecule has 1 aliphatic carbocycles. The monoisotopic (exact) mass is 349 g/mol.